The van der Waals surface area contributed by atoms with Crippen molar-refractivity contribution in [1.29, 1.82) is 0 Å². The molecule has 3 rings (SSSR count). The number of fused-ring (bicyclic) bond motifs is 1. The molecule has 2 heterocycles. The van der Waals surface area contributed by atoms with E-state index < -0.39 is 5.41 Å². The summed E-state index contributed by atoms with van der Waals surface area (Å²) in [6.07, 6.45) is 0.855. The van der Waals surface area contributed by atoms with E-state index in [1.807, 2.05) is 36.9 Å². The van der Waals surface area contributed by atoms with E-state index >= 15 is 0 Å². The summed E-state index contributed by atoms with van der Waals surface area (Å²) in [5.41, 5.74) is 1.61. The molecule has 0 radical (unpaired) electrons. The molecule has 0 spiro atoms. The van der Waals surface area contributed by atoms with Crippen LogP contribution in [-0.4, -0.2) is 47.1 Å². The number of hydrogen-bond acceptors (Lipinski definition) is 3. The number of benzene rings is 1. The lowest BCUT2D eigenvalue weighted by molar-refractivity contribution is -0.146. The van der Waals surface area contributed by atoms with Crippen LogP contribution in [0.5, 0.6) is 0 Å². The summed E-state index contributed by atoms with van der Waals surface area (Å²) >= 11 is 7.81. The molecule has 4 nitrogen and oxygen atoms in total. The number of carbonyl (C=O) groups is 2. The second kappa shape index (κ2) is 9.52. The molecule has 0 saturated heterocycles. The monoisotopic (exact) mass is 446 g/mol. The summed E-state index contributed by atoms with van der Waals surface area (Å²) in [6.45, 7) is 9.08. The third-order valence-corrected chi connectivity index (χ3v) is 7.18. The average molecular weight is 447 g/mol. The van der Waals surface area contributed by atoms with Crippen molar-refractivity contribution < 1.29 is 9.59 Å². The van der Waals surface area contributed by atoms with Crippen molar-refractivity contribution >= 4 is 34.8 Å². The standard InChI is InChI=1S/C24H31ClN2O2S/c1-17(2)14-26(23(29)24(3,4)16-25)15-21(28)27-12-10-20-19(11-13-30-20)22(27)18-8-6-5-7-9-18/h5-9,11,13,17,22H,10,12,14-16H2,1-4H3. The quantitative estimate of drug-likeness (QED) is 0.563. The molecule has 1 aromatic carbocycles. The van der Waals surface area contributed by atoms with Crippen LogP contribution in [0.4, 0.5) is 0 Å². The Labute approximate surface area is 188 Å². The first-order valence-corrected chi connectivity index (χ1v) is 11.9. The highest BCUT2D eigenvalue weighted by molar-refractivity contribution is 7.10. The normalized spacial score (nSPS) is 16.5. The Balaban J connectivity index is 1.88. The Morgan fingerprint density at radius 2 is 1.93 bits per heavy atom. The van der Waals surface area contributed by atoms with Gasteiger partial charge in [-0.25, -0.2) is 0 Å². The van der Waals surface area contributed by atoms with Crippen LogP contribution in [0.1, 0.15) is 49.7 Å². The average Bonchev–Trinajstić information content (AvgIpc) is 3.21. The third kappa shape index (κ3) is 4.89. The first-order chi connectivity index (χ1) is 14.2. The Morgan fingerprint density at radius 1 is 1.23 bits per heavy atom. The number of amides is 2. The predicted molar refractivity (Wildman–Crippen MR) is 124 cm³/mol. The Kier molecular flexibility index (Phi) is 7.25. The number of alkyl halides is 1. The highest BCUT2D eigenvalue weighted by Gasteiger charge is 2.36. The Hall–Kier alpha value is -1.85. The lowest BCUT2D eigenvalue weighted by Gasteiger charge is -2.39. The molecule has 162 valence electrons. The summed E-state index contributed by atoms with van der Waals surface area (Å²) in [4.78, 5) is 31.6. The number of thiophene rings is 1. The summed E-state index contributed by atoms with van der Waals surface area (Å²) in [5, 5.41) is 2.10. The second-order valence-corrected chi connectivity index (χ2v) is 10.3. The zero-order valence-electron chi connectivity index (χ0n) is 18.2. The van der Waals surface area contributed by atoms with Crippen molar-refractivity contribution in [3.05, 3.63) is 57.8 Å². The van der Waals surface area contributed by atoms with E-state index in [4.69, 9.17) is 11.6 Å². The predicted octanol–water partition coefficient (Wildman–Crippen LogP) is 4.97. The zero-order chi connectivity index (χ0) is 21.9. The lowest BCUT2D eigenvalue weighted by atomic mass is 9.92. The van der Waals surface area contributed by atoms with Crippen LogP contribution in [0.2, 0.25) is 0 Å². The molecule has 0 N–H and O–H groups in total. The van der Waals surface area contributed by atoms with Crippen LogP contribution >= 0.6 is 22.9 Å². The van der Waals surface area contributed by atoms with Crippen LogP contribution in [0.15, 0.2) is 41.8 Å². The Morgan fingerprint density at radius 3 is 2.57 bits per heavy atom. The fourth-order valence-corrected chi connectivity index (χ4v) is 5.00. The van der Waals surface area contributed by atoms with Gasteiger partial charge in [0.05, 0.1) is 18.0 Å². The van der Waals surface area contributed by atoms with Gasteiger partial charge in [0.1, 0.15) is 0 Å². The Bertz CT molecular complexity index is 878. The van der Waals surface area contributed by atoms with Crippen LogP contribution in [-0.2, 0) is 16.0 Å². The first kappa shape index (κ1) is 22.8. The minimum Gasteiger partial charge on any atom is -0.333 e. The molecule has 0 aliphatic carbocycles. The van der Waals surface area contributed by atoms with Crippen LogP contribution in [0.3, 0.4) is 0 Å². The number of nitrogens with zero attached hydrogens (tertiary/aromatic N) is 2. The molecular formula is C24H31ClN2O2S. The SMILES string of the molecule is CC(C)CN(CC(=O)N1CCc2sccc2C1c1ccccc1)C(=O)C(C)(C)CCl. The fraction of sp³-hybridized carbons (Fsp3) is 0.500. The van der Waals surface area contributed by atoms with Gasteiger partial charge in [0, 0.05) is 23.8 Å². The van der Waals surface area contributed by atoms with Gasteiger partial charge in [-0.3, -0.25) is 9.59 Å². The van der Waals surface area contributed by atoms with Gasteiger partial charge in [0.25, 0.3) is 0 Å². The van der Waals surface area contributed by atoms with Crippen molar-refractivity contribution in [1.82, 2.24) is 9.80 Å². The molecule has 2 aromatic rings. The molecule has 1 aliphatic heterocycles. The van der Waals surface area contributed by atoms with Crippen molar-refractivity contribution in [2.45, 2.75) is 40.2 Å². The van der Waals surface area contributed by atoms with E-state index in [0.717, 1.165) is 12.0 Å². The van der Waals surface area contributed by atoms with Gasteiger partial charge >= 0.3 is 0 Å². The number of halogens is 1. The van der Waals surface area contributed by atoms with E-state index in [9.17, 15) is 9.59 Å². The molecule has 30 heavy (non-hydrogen) atoms. The molecule has 0 bridgehead atoms. The van der Waals surface area contributed by atoms with Crippen molar-refractivity contribution in [2.75, 3.05) is 25.5 Å². The highest BCUT2D eigenvalue weighted by Crippen LogP contribution is 2.37. The molecule has 6 heteroatoms. The summed E-state index contributed by atoms with van der Waals surface area (Å²) in [7, 11) is 0. The fourth-order valence-electron chi connectivity index (χ4n) is 3.98. The largest absolute Gasteiger partial charge is 0.333 e. The minimum absolute atomic E-state index is 0.0138. The van der Waals surface area contributed by atoms with Gasteiger partial charge in [-0.2, -0.15) is 0 Å². The molecule has 1 unspecified atom stereocenters. The maximum atomic E-state index is 13.5. The molecule has 2 amide bonds. The third-order valence-electron chi connectivity index (χ3n) is 5.51. The summed E-state index contributed by atoms with van der Waals surface area (Å²) in [6, 6.07) is 12.2. The van der Waals surface area contributed by atoms with E-state index in [2.05, 4.69) is 37.4 Å². The van der Waals surface area contributed by atoms with Crippen molar-refractivity contribution in [3.8, 4) is 0 Å². The number of hydrogen-bond donors (Lipinski definition) is 0. The van der Waals surface area contributed by atoms with E-state index in [1.165, 1.54) is 10.4 Å². The molecular weight excluding hydrogens is 416 g/mol. The zero-order valence-corrected chi connectivity index (χ0v) is 19.8. The lowest BCUT2D eigenvalue weighted by Crippen LogP contribution is -2.50. The highest BCUT2D eigenvalue weighted by atomic mass is 35.5. The topological polar surface area (TPSA) is 40.6 Å². The molecule has 1 aromatic heterocycles. The van der Waals surface area contributed by atoms with Crippen molar-refractivity contribution in [3.63, 3.8) is 0 Å². The van der Waals surface area contributed by atoms with Gasteiger partial charge in [-0.15, -0.1) is 22.9 Å². The molecule has 0 saturated carbocycles. The maximum absolute atomic E-state index is 13.5. The van der Waals surface area contributed by atoms with Crippen molar-refractivity contribution in [2.24, 2.45) is 11.3 Å². The second-order valence-electron chi connectivity index (χ2n) is 9.05. The molecule has 1 aliphatic rings. The van der Waals surface area contributed by atoms with Crippen LogP contribution < -0.4 is 0 Å². The summed E-state index contributed by atoms with van der Waals surface area (Å²) in [5.74, 6) is 0.412. The number of rotatable bonds is 7. The van der Waals surface area contributed by atoms with Gasteiger partial charge in [-0.1, -0.05) is 44.2 Å². The van der Waals surface area contributed by atoms with E-state index in [1.54, 1.807) is 16.2 Å². The van der Waals surface area contributed by atoms with E-state index in [0.29, 0.717) is 13.1 Å². The van der Waals surface area contributed by atoms with Crippen LogP contribution in [0.25, 0.3) is 0 Å². The van der Waals surface area contributed by atoms with Crippen LogP contribution in [0, 0.1) is 11.3 Å². The number of carbonyl (C=O) groups excluding carboxylic acids is 2. The summed E-state index contributed by atoms with van der Waals surface area (Å²) < 4.78 is 0. The van der Waals surface area contributed by atoms with Gasteiger partial charge in [0.2, 0.25) is 11.8 Å². The van der Waals surface area contributed by atoms with Gasteiger partial charge < -0.3 is 9.80 Å². The smallest absolute Gasteiger partial charge is 0.242 e. The molecule has 1 atom stereocenters. The first-order valence-electron chi connectivity index (χ1n) is 10.5. The minimum atomic E-state index is -0.696. The van der Waals surface area contributed by atoms with Gasteiger partial charge in [-0.05, 0) is 48.8 Å². The van der Waals surface area contributed by atoms with E-state index in [-0.39, 0.29) is 36.2 Å². The maximum Gasteiger partial charge on any atom is 0.242 e. The molecule has 0 fully saturated rings. The van der Waals surface area contributed by atoms with Gasteiger partial charge in [0.15, 0.2) is 0 Å².